The van der Waals surface area contributed by atoms with Crippen molar-refractivity contribution >= 4 is 12.0 Å². The minimum absolute atomic E-state index is 0.153. The van der Waals surface area contributed by atoms with E-state index in [4.69, 9.17) is 5.11 Å². The summed E-state index contributed by atoms with van der Waals surface area (Å²) in [5, 5.41) is 14.2. The van der Waals surface area contributed by atoms with E-state index in [0.717, 1.165) is 6.54 Å². The van der Waals surface area contributed by atoms with Gasteiger partial charge in [-0.25, -0.2) is 4.79 Å². The van der Waals surface area contributed by atoms with Crippen LogP contribution in [0.25, 0.3) is 0 Å². The number of aliphatic carboxylic acids is 1. The molecule has 1 saturated carbocycles. The molecule has 1 aliphatic carbocycles. The first-order valence-corrected chi connectivity index (χ1v) is 6.55. The summed E-state index contributed by atoms with van der Waals surface area (Å²) in [6.45, 7) is 7.58. The maximum atomic E-state index is 11.5. The number of rotatable bonds is 7. The predicted molar refractivity (Wildman–Crippen MR) is 69.3 cm³/mol. The highest BCUT2D eigenvalue weighted by Gasteiger charge is 2.45. The smallest absolute Gasteiger partial charge is 0.314 e. The second-order valence-corrected chi connectivity index (χ2v) is 6.02. The zero-order valence-electron chi connectivity index (χ0n) is 11.5. The molecule has 0 bridgehead atoms. The summed E-state index contributed by atoms with van der Waals surface area (Å²) in [5.41, 5.74) is 0.377. The molecule has 3 N–H and O–H groups in total. The zero-order valence-corrected chi connectivity index (χ0v) is 11.5. The molecule has 2 atom stereocenters. The minimum Gasteiger partial charge on any atom is -0.481 e. The molecule has 1 rings (SSSR count). The summed E-state index contributed by atoms with van der Waals surface area (Å²) in [4.78, 5) is 21.9. The fraction of sp³-hybridized carbons (Fsp3) is 0.846. The van der Waals surface area contributed by atoms with E-state index in [9.17, 15) is 9.59 Å². The molecule has 1 aliphatic rings. The van der Waals surface area contributed by atoms with Gasteiger partial charge in [-0.3, -0.25) is 4.79 Å². The van der Waals surface area contributed by atoms with Crippen LogP contribution in [0.3, 0.4) is 0 Å². The largest absolute Gasteiger partial charge is 0.481 e. The Morgan fingerprint density at radius 1 is 1.39 bits per heavy atom. The molecule has 0 aromatic rings. The Labute approximate surface area is 108 Å². The Kier molecular flexibility index (Phi) is 4.99. The summed E-state index contributed by atoms with van der Waals surface area (Å²) < 4.78 is 0. The lowest BCUT2D eigenvalue weighted by Crippen LogP contribution is -2.39. The molecule has 5 nitrogen and oxygen atoms in total. The van der Waals surface area contributed by atoms with Gasteiger partial charge in [0.2, 0.25) is 0 Å². The third-order valence-electron chi connectivity index (χ3n) is 3.69. The van der Waals surface area contributed by atoms with Crippen molar-refractivity contribution in [2.24, 2.45) is 17.3 Å². The van der Waals surface area contributed by atoms with Gasteiger partial charge in [0.15, 0.2) is 0 Å². The Hall–Kier alpha value is -1.26. The third-order valence-corrected chi connectivity index (χ3v) is 3.69. The average Bonchev–Trinajstić information content (AvgIpc) is 2.89. The summed E-state index contributed by atoms with van der Waals surface area (Å²) >= 11 is 0. The number of hydrogen-bond acceptors (Lipinski definition) is 2. The Bertz CT molecular complexity index is 315. The van der Waals surface area contributed by atoms with E-state index in [1.54, 1.807) is 0 Å². The van der Waals surface area contributed by atoms with Crippen LogP contribution in [-0.2, 0) is 4.79 Å². The van der Waals surface area contributed by atoms with Gasteiger partial charge in [0, 0.05) is 19.5 Å². The van der Waals surface area contributed by atoms with Gasteiger partial charge in [0.25, 0.3) is 0 Å². The second-order valence-electron chi connectivity index (χ2n) is 6.02. The standard InChI is InChI=1S/C13H24N2O3/c1-9(4-5-11(16)17)7-14-12(18)15-8-10-6-13(10,2)3/h9-10H,4-8H2,1-3H3,(H,16,17)(H2,14,15,18). The summed E-state index contributed by atoms with van der Waals surface area (Å²) in [6.07, 6.45) is 1.91. The minimum atomic E-state index is -0.790. The lowest BCUT2D eigenvalue weighted by molar-refractivity contribution is -0.137. The molecule has 104 valence electrons. The SMILES string of the molecule is CC(CCC(=O)O)CNC(=O)NCC1CC1(C)C. The molecule has 18 heavy (non-hydrogen) atoms. The van der Waals surface area contributed by atoms with Crippen molar-refractivity contribution in [2.75, 3.05) is 13.1 Å². The summed E-state index contributed by atoms with van der Waals surface area (Å²) in [7, 11) is 0. The van der Waals surface area contributed by atoms with Gasteiger partial charge < -0.3 is 15.7 Å². The first-order chi connectivity index (χ1) is 8.31. The van der Waals surface area contributed by atoms with Crippen LogP contribution in [0.4, 0.5) is 4.79 Å². The topological polar surface area (TPSA) is 78.4 Å². The first-order valence-electron chi connectivity index (χ1n) is 6.55. The lowest BCUT2D eigenvalue weighted by atomic mass is 10.1. The van der Waals surface area contributed by atoms with Crippen LogP contribution < -0.4 is 10.6 Å². The molecular formula is C13H24N2O3. The Morgan fingerprint density at radius 2 is 2.00 bits per heavy atom. The van der Waals surface area contributed by atoms with E-state index in [2.05, 4.69) is 24.5 Å². The molecule has 1 fully saturated rings. The first kappa shape index (κ1) is 14.8. The van der Waals surface area contributed by atoms with Gasteiger partial charge in [0.05, 0.1) is 0 Å². The van der Waals surface area contributed by atoms with Gasteiger partial charge in [-0.2, -0.15) is 0 Å². The number of carboxylic acids is 1. The van der Waals surface area contributed by atoms with Crippen molar-refractivity contribution in [2.45, 2.75) is 40.0 Å². The monoisotopic (exact) mass is 256 g/mol. The van der Waals surface area contributed by atoms with Crippen LogP contribution in [0.15, 0.2) is 0 Å². The molecule has 0 aromatic carbocycles. The molecule has 0 aromatic heterocycles. The third kappa shape index (κ3) is 5.38. The maximum Gasteiger partial charge on any atom is 0.314 e. The van der Waals surface area contributed by atoms with Crippen LogP contribution in [0.2, 0.25) is 0 Å². The van der Waals surface area contributed by atoms with Crippen molar-refractivity contribution in [1.82, 2.24) is 10.6 Å². The molecule has 0 aliphatic heterocycles. The van der Waals surface area contributed by atoms with Crippen molar-refractivity contribution in [3.8, 4) is 0 Å². The molecule has 0 saturated heterocycles. The maximum absolute atomic E-state index is 11.5. The number of nitrogens with one attached hydrogen (secondary N) is 2. The van der Waals surface area contributed by atoms with Crippen LogP contribution in [-0.4, -0.2) is 30.2 Å². The van der Waals surface area contributed by atoms with Crippen LogP contribution in [0.1, 0.15) is 40.0 Å². The zero-order chi connectivity index (χ0) is 13.8. The highest BCUT2D eigenvalue weighted by Crippen LogP contribution is 2.50. The fourth-order valence-electron chi connectivity index (χ4n) is 1.94. The van der Waals surface area contributed by atoms with Gasteiger partial charge in [-0.15, -0.1) is 0 Å². The van der Waals surface area contributed by atoms with E-state index in [1.807, 2.05) is 6.92 Å². The second kappa shape index (κ2) is 6.07. The number of carboxylic acid groups (broad SMARTS) is 1. The number of carbonyl (C=O) groups excluding carboxylic acids is 1. The summed E-state index contributed by atoms with van der Waals surface area (Å²) in [6, 6.07) is -0.153. The number of urea groups is 1. The van der Waals surface area contributed by atoms with Gasteiger partial charge >= 0.3 is 12.0 Å². The predicted octanol–water partition coefficient (Wildman–Crippen LogP) is 1.83. The summed E-state index contributed by atoms with van der Waals surface area (Å²) in [5.74, 6) is -0.0147. The van der Waals surface area contributed by atoms with Crippen LogP contribution in [0, 0.1) is 17.3 Å². The van der Waals surface area contributed by atoms with E-state index < -0.39 is 5.97 Å². The van der Waals surface area contributed by atoms with Crippen LogP contribution >= 0.6 is 0 Å². The van der Waals surface area contributed by atoms with E-state index in [1.165, 1.54) is 6.42 Å². The number of hydrogen-bond donors (Lipinski definition) is 3. The highest BCUT2D eigenvalue weighted by atomic mass is 16.4. The molecular weight excluding hydrogens is 232 g/mol. The molecule has 0 heterocycles. The quantitative estimate of drug-likeness (QED) is 0.650. The van der Waals surface area contributed by atoms with Gasteiger partial charge in [0.1, 0.15) is 0 Å². The molecule has 5 heteroatoms. The lowest BCUT2D eigenvalue weighted by Gasteiger charge is -2.12. The van der Waals surface area contributed by atoms with Crippen molar-refractivity contribution < 1.29 is 14.7 Å². The van der Waals surface area contributed by atoms with Gasteiger partial charge in [-0.1, -0.05) is 20.8 Å². The van der Waals surface area contributed by atoms with E-state index in [-0.39, 0.29) is 18.4 Å². The number of amides is 2. The van der Waals surface area contributed by atoms with Crippen molar-refractivity contribution in [1.29, 1.82) is 0 Å². The molecule has 0 radical (unpaired) electrons. The Balaban J connectivity index is 2.04. The number of carbonyl (C=O) groups is 2. The van der Waals surface area contributed by atoms with Crippen molar-refractivity contribution in [3.63, 3.8) is 0 Å². The normalized spacial score (nSPS) is 22.1. The van der Waals surface area contributed by atoms with E-state index >= 15 is 0 Å². The fourth-order valence-corrected chi connectivity index (χ4v) is 1.94. The van der Waals surface area contributed by atoms with Gasteiger partial charge in [-0.05, 0) is 30.1 Å². The van der Waals surface area contributed by atoms with E-state index in [0.29, 0.717) is 24.3 Å². The van der Waals surface area contributed by atoms with Crippen molar-refractivity contribution in [3.05, 3.63) is 0 Å². The molecule has 0 spiro atoms. The average molecular weight is 256 g/mol. The molecule has 2 amide bonds. The highest BCUT2D eigenvalue weighted by molar-refractivity contribution is 5.73. The Morgan fingerprint density at radius 3 is 2.50 bits per heavy atom. The van der Waals surface area contributed by atoms with Crippen LogP contribution in [0.5, 0.6) is 0 Å². The molecule has 2 unspecified atom stereocenters.